The summed E-state index contributed by atoms with van der Waals surface area (Å²) in [5, 5.41) is 2.79. The highest BCUT2D eigenvalue weighted by molar-refractivity contribution is 5.93. The normalized spacial score (nSPS) is 9.95. The summed E-state index contributed by atoms with van der Waals surface area (Å²) in [5.74, 6) is 0.693. The number of hydrogen-bond donors (Lipinski definition) is 1. The van der Waals surface area contributed by atoms with E-state index in [1.807, 2.05) is 31.2 Å². The van der Waals surface area contributed by atoms with Gasteiger partial charge in [0.2, 0.25) is 0 Å². The first-order chi connectivity index (χ1) is 9.25. The minimum Gasteiger partial charge on any atom is -0.492 e. The van der Waals surface area contributed by atoms with Crippen LogP contribution in [0.25, 0.3) is 0 Å². The van der Waals surface area contributed by atoms with Crippen molar-refractivity contribution < 1.29 is 9.53 Å². The minimum atomic E-state index is -0.116. The maximum absolute atomic E-state index is 11.7. The molecule has 2 rings (SSSR count). The van der Waals surface area contributed by atoms with E-state index in [9.17, 15) is 4.79 Å². The molecule has 1 N–H and O–H groups in total. The van der Waals surface area contributed by atoms with Gasteiger partial charge in [0.25, 0.3) is 5.91 Å². The molecule has 0 saturated heterocycles. The van der Waals surface area contributed by atoms with Gasteiger partial charge in [-0.3, -0.25) is 9.78 Å². The van der Waals surface area contributed by atoms with Crippen LogP contribution in [0.5, 0.6) is 5.75 Å². The third-order valence-electron chi connectivity index (χ3n) is 2.62. The Morgan fingerprint density at radius 1 is 1.16 bits per heavy atom. The van der Waals surface area contributed by atoms with Gasteiger partial charge in [0.05, 0.1) is 6.54 Å². The van der Waals surface area contributed by atoms with Gasteiger partial charge < -0.3 is 10.1 Å². The number of ether oxygens (including phenoxy) is 1. The summed E-state index contributed by atoms with van der Waals surface area (Å²) in [6.07, 6.45) is 3.19. The van der Waals surface area contributed by atoms with E-state index in [4.69, 9.17) is 4.74 Å². The molecule has 4 nitrogen and oxygen atoms in total. The Morgan fingerprint density at radius 3 is 2.53 bits per heavy atom. The zero-order valence-corrected chi connectivity index (χ0v) is 10.8. The van der Waals surface area contributed by atoms with Crippen molar-refractivity contribution in [1.82, 2.24) is 10.3 Å². The van der Waals surface area contributed by atoms with Gasteiger partial charge in [0.1, 0.15) is 12.4 Å². The summed E-state index contributed by atoms with van der Waals surface area (Å²) in [6.45, 7) is 2.94. The number of nitrogens with one attached hydrogen (secondary N) is 1. The van der Waals surface area contributed by atoms with Crippen molar-refractivity contribution >= 4 is 5.91 Å². The van der Waals surface area contributed by atoms with E-state index < -0.39 is 0 Å². The van der Waals surface area contributed by atoms with Gasteiger partial charge in [-0.05, 0) is 31.2 Å². The molecule has 0 radical (unpaired) electrons. The highest BCUT2D eigenvalue weighted by Crippen LogP contribution is 2.10. The summed E-state index contributed by atoms with van der Waals surface area (Å²) < 4.78 is 5.52. The molecule has 19 heavy (non-hydrogen) atoms. The summed E-state index contributed by atoms with van der Waals surface area (Å²) in [7, 11) is 0. The summed E-state index contributed by atoms with van der Waals surface area (Å²) >= 11 is 0. The highest BCUT2D eigenvalue weighted by Gasteiger charge is 2.03. The topological polar surface area (TPSA) is 51.2 Å². The van der Waals surface area contributed by atoms with Crippen LogP contribution >= 0.6 is 0 Å². The molecule has 0 bridgehead atoms. The van der Waals surface area contributed by atoms with Crippen LogP contribution in [0, 0.1) is 6.92 Å². The number of hydrogen-bond acceptors (Lipinski definition) is 3. The van der Waals surface area contributed by atoms with E-state index in [1.54, 1.807) is 24.5 Å². The van der Waals surface area contributed by atoms with Gasteiger partial charge in [0.15, 0.2) is 0 Å². The molecule has 0 atom stereocenters. The van der Waals surface area contributed by atoms with Crippen LogP contribution in [-0.2, 0) is 0 Å². The van der Waals surface area contributed by atoms with Gasteiger partial charge >= 0.3 is 0 Å². The third kappa shape index (κ3) is 4.10. The number of aryl methyl sites for hydroxylation is 1. The lowest BCUT2D eigenvalue weighted by molar-refractivity contribution is 0.0947. The Hall–Kier alpha value is -2.36. The molecular formula is C15H16N2O2. The number of pyridine rings is 1. The standard InChI is InChI=1S/C15H16N2O2/c1-12-2-4-14(5-3-12)19-11-10-17-15(18)13-6-8-16-9-7-13/h2-9H,10-11H2,1H3,(H,17,18). The zero-order chi connectivity index (χ0) is 13.5. The van der Waals surface area contributed by atoms with E-state index in [2.05, 4.69) is 10.3 Å². The fourth-order valence-electron chi connectivity index (χ4n) is 1.57. The molecule has 0 saturated carbocycles. The number of benzene rings is 1. The fourth-order valence-corrected chi connectivity index (χ4v) is 1.57. The molecular weight excluding hydrogens is 240 g/mol. The molecule has 0 aliphatic heterocycles. The van der Waals surface area contributed by atoms with Crippen LogP contribution in [0.4, 0.5) is 0 Å². The first-order valence-electron chi connectivity index (χ1n) is 6.13. The lowest BCUT2D eigenvalue weighted by Crippen LogP contribution is -2.28. The predicted molar refractivity (Wildman–Crippen MR) is 73.2 cm³/mol. The molecule has 0 spiro atoms. The third-order valence-corrected chi connectivity index (χ3v) is 2.62. The van der Waals surface area contributed by atoms with Gasteiger partial charge in [-0.1, -0.05) is 17.7 Å². The quantitative estimate of drug-likeness (QED) is 0.834. The summed E-state index contributed by atoms with van der Waals surface area (Å²) in [6, 6.07) is 11.2. The Morgan fingerprint density at radius 2 is 1.84 bits per heavy atom. The van der Waals surface area contributed by atoms with E-state index >= 15 is 0 Å². The van der Waals surface area contributed by atoms with Crippen molar-refractivity contribution in [2.75, 3.05) is 13.2 Å². The molecule has 4 heteroatoms. The number of aromatic nitrogens is 1. The number of amides is 1. The first kappa shape index (κ1) is 13.1. The lowest BCUT2D eigenvalue weighted by atomic mass is 10.2. The minimum absolute atomic E-state index is 0.116. The number of nitrogens with zero attached hydrogens (tertiary/aromatic N) is 1. The van der Waals surface area contributed by atoms with Crippen molar-refractivity contribution in [2.24, 2.45) is 0 Å². The second kappa shape index (κ2) is 6.54. The van der Waals surface area contributed by atoms with Crippen molar-refractivity contribution in [2.45, 2.75) is 6.92 Å². The predicted octanol–water partition coefficient (Wildman–Crippen LogP) is 2.20. The van der Waals surface area contributed by atoms with Gasteiger partial charge in [0, 0.05) is 18.0 Å². The van der Waals surface area contributed by atoms with E-state index in [1.165, 1.54) is 5.56 Å². The lowest BCUT2D eigenvalue weighted by Gasteiger charge is -2.07. The molecule has 0 fully saturated rings. The SMILES string of the molecule is Cc1ccc(OCCNC(=O)c2ccncc2)cc1. The summed E-state index contributed by atoms with van der Waals surface area (Å²) in [5.41, 5.74) is 1.80. The molecule has 98 valence electrons. The average molecular weight is 256 g/mol. The van der Waals surface area contributed by atoms with E-state index in [0.29, 0.717) is 18.7 Å². The Kier molecular flexibility index (Phi) is 4.50. The van der Waals surface area contributed by atoms with Crippen LogP contribution in [-0.4, -0.2) is 24.0 Å². The monoisotopic (exact) mass is 256 g/mol. The molecule has 1 aromatic heterocycles. The first-order valence-corrected chi connectivity index (χ1v) is 6.13. The van der Waals surface area contributed by atoms with E-state index in [0.717, 1.165) is 5.75 Å². The van der Waals surface area contributed by atoms with E-state index in [-0.39, 0.29) is 5.91 Å². The van der Waals surface area contributed by atoms with Crippen LogP contribution in [0.15, 0.2) is 48.8 Å². The van der Waals surface area contributed by atoms with Crippen molar-refractivity contribution in [1.29, 1.82) is 0 Å². The number of rotatable bonds is 5. The molecule has 0 aliphatic carbocycles. The summed E-state index contributed by atoms with van der Waals surface area (Å²) in [4.78, 5) is 15.6. The van der Waals surface area contributed by atoms with Crippen LogP contribution < -0.4 is 10.1 Å². The second-order valence-corrected chi connectivity index (χ2v) is 4.15. The van der Waals surface area contributed by atoms with Crippen LogP contribution in [0.2, 0.25) is 0 Å². The number of carbonyl (C=O) groups is 1. The largest absolute Gasteiger partial charge is 0.492 e. The van der Waals surface area contributed by atoms with Gasteiger partial charge in [-0.2, -0.15) is 0 Å². The molecule has 0 aliphatic rings. The van der Waals surface area contributed by atoms with Crippen molar-refractivity contribution in [3.8, 4) is 5.75 Å². The Bertz CT molecular complexity index is 524. The fraction of sp³-hybridized carbons (Fsp3) is 0.200. The maximum Gasteiger partial charge on any atom is 0.251 e. The second-order valence-electron chi connectivity index (χ2n) is 4.15. The van der Waals surface area contributed by atoms with Crippen molar-refractivity contribution in [3.63, 3.8) is 0 Å². The zero-order valence-electron chi connectivity index (χ0n) is 10.8. The average Bonchev–Trinajstić information content (AvgIpc) is 2.46. The van der Waals surface area contributed by atoms with Crippen molar-refractivity contribution in [3.05, 3.63) is 59.9 Å². The molecule has 1 amide bonds. The van der Waals surface area contributed by atoms with Crippen LogP contribution in [0.3, 0.4) is 0 Å². The van der Waals surface area contributed by atoms with Gasteiger partial charge in [-0.25, -0.2) is 0 Å². The number of carbonyl (C=O) groups excluding carboxylic acids is 1. The Labute approximate surface area is 112 Å². The smallest absolute Gasteiger partial charge is 0.251 e. The maximum atomic E-state index is 11.7. The van der Waals surface area contributed by atoms with Crippen LogP contribution in [0.1, 0.15) is 15.9 Å². The molecule has 0 unspecified atom stereocenters. The van der Waals surface area contributed by atoms with Gasteiger partial charge in [-0.15, -0.1) is 0 Å². The molecule has 1 aromatic carbocycles. The molecule has 1 heterocycles. The highest BCUT2D eigenvalue weighted by atomic mass is 16.5. The molecule has 2 aromatic rings. The Balaban J connectivity index is 1.72.